The molecule has 4 aromatic rings. The zero-order valence-corrected chi connectivity index (χ0v) is 30.6. The van der Waals surface area contributed by atoms with Crippen molar-refractivity contribution in [1.29, 1.82) is 10.5 Å². The lowest BCUT2D eigenvalue weighted by Gasteiger charge is -2.22. The van der Waals surface area contributed by atoms with Crippen molar-refractivity contribution < 1.29 is 19.1 Å². The quantitative estimate of drug-likeness (QED) is 0.0673. The van der Waals surface area contributed by atoms with E-state index in [1.807, 2.05) is 41.8 Å². The lowest BCUT2D eigenvalue weighted by atomic mass is 9.96. The molecule has 0 amide bonds. The van der Waals surface area contributed by atoms with Crippen molar-refractivity contribution in [3.8, 4) is 39.6 Å². The van der Waals surface area contributed by atoms with Crippen LogP contribution in [0.4, 0.5) is 5.82 Å². The van der Waals surface area contributed by atoms with Crippen LogP contribution in [-0.4, -0.2) is 60.2 Å². The van der Waals surface area contributed by atoms with Crippen molar-refractivity contribution in [3.05, 3.63) is 75.8 Å². The van der Waals surface area contributed by atoms with E-state index in [1.54, 1.807) is 19.1 Å². The summed E-state index contributed by atoms with van der Waals surface area (Å²) in [4.78, 5) is 35.4. The van der Waals surface area contributed by atoms with Crippen LogP contribution in [-0.2, 0) is 20.1 Å². The number of thiazole rings is 1. The van der Waals surface area contributed by atoms with Crippen molar-refractivity contribution in [2.24, 2.45) is 5.73 Å². The van der Waals surface area contributed by atoms with Crippen LogP contribution in [0.25, 0.3) is 21.7 Å². The van der Waals surface area contributed by atoms with Crippen LogP contribution in [0.3, 0.4) is 0 Å². The number of carbonyl (C=O) groups excluding carboxylic acids is 2. The molecule has 1 aliphatic heterocycles. The Hall–Kier alpha value is -4.21. The van der Waals surface area contributed by atoms with Crippen LogP contribution in [0.5, 0.6) is 5.75 Å². The fraction of sp³-hybridized carbons (Fsp3) is 0.314. The monoisotopic (exact) mass is 751 g/mol. The van der Waals surface area contributed by atoms with Gasteiger partial charge in [0, 0.05) is 46.9 Å². The number of nitrogens with two attached hydrogens (primary N) is 1. The number of rotatable bonds is 13. The van der Waals surface area contributed by atoms with Gasteiger partial charge in [-0.3, -0.25) is 0 Å². The number of anilines is 1. The molecule has 2 unspecified atom stereocenters. The molecule has 2 aromatic heterocycles. The Morgan fingerprint density at radius 3 is 2.32 bits per heavy atom. The first kappa shape index (κ1) is 38.6. The zero-order valence-electron chi connectivity index (χ0n) is 27.3. The van der Waals surface area contributed by atoms with E-state index in [0.717, 1.165) is 42.2 Å². The first-order valence-corrected chi connectivity index (χ1v) is 17.9. The summed E-state index contributed by atoms with van der Waals surface area (Å²) in [5, 5.41) is 27.8. The third-order valence-corrected chi connectivity index (χ3v) is 9.87. The number of hydrogen-bond acceptors (Lipinski definition) is 13. The fourth-order valence-corrected chi connectivity index (χ4v) is 7.01. The predicted molar refractivity (Wildman–Crippen MR) is 198 cm³/mol. The Kier molecular flexibility index (Phi) is 14.0. The van der Waals surface area contributed by atoms with Gasteiger partial charge in [-0.2, -0.15) is 10.5 Å². The summed E-state index contributed by atoms with van der Waals surface area (Å²) in [6, 6.07) is 17.8. The van der Waals surface area contributed by atoms with E-state index in [2.05, 4.69) is 22.4 Å². The van der Waals surface area contributed by atoms with Crippen LogP contribution in [0.15, 0.2) is 58.9 Å². The summed E-state index contributed by atoms with van der Waals surface area (Å²) < 4.78 is 10.6. The molecule has 2 aromatic carbocycles. The second kappa shape index (κ2) is 18.2. The minimum absolute atomic E-state index is 0. The molecule has 1 saturated heterocycles. The predicted octanol–water partition coefficient (Wildman–Crippen LogP) is 6.36. The van der Waals surface area contributed by atoms with Gasteiger partial charge in [0.15, 0.2) is 0 Å². The van der Waals surface area contributed by atoms with Gasteiger partial charge in [0.05, 0.1) is 11.3 Å². The largest absolute Gasteiger partial charge is 0.492 e. The van der Waals surface area contributed by atoms with Gasteiger partial charge in [-0.25, -0.2) is 19.6 Å². The number of nitrogens with zero attached hydrogens (tertiary/aromatic N) is 5. The van der Waals surface area contributed by atoms with Gasteiger partial charge in [-0.1, -0.05) is 47.6 Å². The summed E-state index contributed by atoms with van der Waals surface area (Å²) >= 11 is 9.02. The number of aromatic nitrogens is 2. The molecule has 50 heavy (non-hydrogen) atoms. The molecular formula is C35H35Cl2N7O4S2. The van der Waals surface area contributed by atoms with Gasteiger partial charge in [0.1, 0.15) is 58.0 Å². The second-order valence-electron chi connectivity index (χ2n) is 11.3. The molecule has 0 saturated carbocycles. The molecule has 3 heterocycles. The van der Waals surface area contributed by atoms with E-state index < -0.39 is 24.0 Å². The average Bonchev–Trinajstić information content (AvgIpc) is 3.82. The SMILES string of the molecule is CC(N)C(=O)OC(=O)C(C)NCCOc1ccc(-c2c(C#N)c(SCc3csc(-c4ccc(Cl)cc4)n3)nc(N3CCCC3)c2C#N)cc1.Cl. The first-order valence-electron chi connectivity index (χ1n) is 15.6. The zero-order chi connectivity index (χ0) is 34.9. The number of halogens is 2. The minimum Gasteiger partial charge on any atom is -0.492 e. The van der Waals surface area contributed by atoms with Gasteiger partial charge in [-0.05, 0) is 56.5 Å². The fourth-order valence-electron chi connectivity index (χ4n) is 5.08. The van der Waals surface area contributed by atoms with E-state index >= 15 is 0 Å². The Morgan fingerprint density at radius 1 is 1.02 bits per heavy atom. The number of esters is 2. The highest BCUT2D eigenvalue weighted by Crippen LogP contribution is 2.40. The number of thioether (sulfide) groups is 1. The molecule has 2 atom stereocenters. The van der Waals surface area contributed by atoms with Crippen LogP contribution < -0.4 is 20.7 Å². The lowest BCUT2D eigenvalue weighted by molar-refractivity contribution is -0.161. The lowest BCUT2D eigenvalue weighted by Crippen LogP contribution is -2.41. The Balaban J connectivity index is 0.00000562. The number of benzene rings is 2. The maximum Gasteiger partial charge on any atom is 0.330 e. The van der Waals surface area contributed by atoms with E-state index in [4.69, 9.17) is 36.8 Å². The third-order valence-electron chi connectivity index (χ3n) is 7.66. The molecule has 260 valence electrons. The Labute approximate surface area is 310 Å². The average molecular weight is 753 g/mol. The van der Waals surface area contributed by atoms with Gasteiger partial charge in [0.2, 0.25) is 0 Å². The molecule has 0 aliphatic carbocycles. The normalized spacial score (nSPS) is 13.4. The summed E-state index contributed by atoms with van der Waals surface area (Å²) in [5.41, 5.74) is 9.20. The third kappa shape index (κ3) is 9.52. The maximum absolute atomic E-state index is 12.0. The summed E-state index contributed by atoms with van der Waals surface area (Å²) in [6.45, 7) is 5.14. The highest BCUT2D eigenvalue weighted by molar-refractivity contribution is 7.98. The molecule has 5 rings (SSSR count). The van der Waals surface area contributed by atoms with Crippen molar-refractivity contribution in [2.75, 3.05) is 31.1 Å². The van der Waals surface area contributed by atoms with Crippen LogP contribution in [0.1, 0.15) is 43.5 Å². The minimum atomic E-state index is -0.890. The number of hydrogen-bond donors (Lipinski definition) is 2. The molecule has 15 heteroatoms. The maximum atomic E-state index is 12.0. The highest BCUT2D eigenvalue weighted by atomic mass is 35.5. The number of pyridine rings is 1. The van der Waals surface area contributed by atoms with Crippen LogP contribution in [0, 0.1) is 22.7 Å². The molecule has 1 fully saturated rings. The van der Waals surface area contributed by atoms with Crippen molar-refractivity contribution >= 4 is 64.9 Å². The van der Waals surface area contributed by atoms with E-state index in [1.165, 1.54) is 30.0 Å². The van der Waals surface area contributed by atoms with E-state index in [9.17, 15) is 20.1 Å². The topological polar surface area (TPSA) is 167 Å². The molecular weight excluding hydrogens is 717 g/mol. The number of ether oxygens (including phenoxy) is 2. The number of nitriles is 2. The standard InChI is InChI=1S/C35H34ClN7O4S2.ClH/c1-21(39)34(44)47-35(45)22(2)40-13-16-46-27-11-7-23(8-12-27)30-28(17-37)31(43-14-3-4-15-43)42-33(29(30)18-38)49-20-26-19-48-32(41-26)24-5-9-25(36)10-6-24;/h5-12,19,21-22,40H,3-4,13-16,20,39H2,1-2H3;1H. The summed E-state index contributed by atoms with van der Waals surface area (Å²) in [6.07, 6.45) is 2.01. The van der Waals surface area contributed by atoms with Crippen molar-refractivity contribution in [2.45, 2.75) is 49.6 Å². The summed E-state index contributed by atoms with van der Waals surface area (Å²) in [5.74, 6) is 0.137. The smallest absolute Gasteiger partial charge is 0.330 e. The first-order chi connectivity index (χ1) is 23.7. The van der Waals surface area contributed by atoms with Gasteiger partial charge < -0.3 is 25.4 Å². The van der Waals surface area contributed by atoms with Gasteiger partial charge in [0.25, 0.3) is 0 Å². The molecule has 0 spiro atoms. The highest BCUT2D eigenvalue weighted by Gasteiger charge is 2.26. The molecule has 3 N–H and O–H groups in total. The van der Waals surface area contributed by atoms with Crippen LogP contribution >= 0.6 is 47.1 Å². The van der Waals surface area contributed by atoms with Crippen LogP contribution in [0.2, 0.25) is 5.02 Å². The number of carbonyl (C=O) groups is 2. The molecule has 1 aliphatic rings. The molecule has 11 nitrogen and oxygen atoms in total. The Bertz CT molecular complexity index is 1890. The van der Waals surface area contributed by atoms with Crippen molar-refractivity contribution in [3.63, 3.8) is 0 Å². The molecule has 0 radical (unpaired) electrons. The van der Waals surface area contributed by atoms with Gasteiger partial charge in [-0.15, -0.1) is 23.7 Å². The second-order valence-corrected chi connectivity index (χ2v) is 13.6. The van der Waals surface area contributed by atoms with E-state index in [0.29, 0.717) is 56.2 Å². The van der Waals surface area contributed by atoms with E-state index in [-0.39, 0.29) is 19.0 Å². The molecule has 0 bridgehead atoms. The van der Waals surface area contributed by atoms with Crippen molar-refractivity contribution in [1.82, 2.24) is 15.3 Å². The van der Waals surface area contributed by atoms with Gasteiger partial charge >= 0.3 is 11.9 Å². The number of nitrogens with one attached hydrogen (secondary N) is 1. The summed E-state index contributed by atoms with van der Waals surface area (Å²) in [7, 11) is 0. The Morgan fingerprint density at radius 2 is 1.68 bits per heavy atom.